The van der Waals surface area contributed by atoms with E-state index in [1.165, 1.54) is 0 Å². The second-order valence-electron chi connectivity index (χ2n) is 6.69. The Balaban J connectivity index is 1.80. The molecule has 0 aliphatic heterocycles. The highest BCUT2D eigenvalue weighted by Crippen LogP contribution is 2.17. The number of ether oxygens (including phenoxy) is 3. The first-order valence-electron chi connectivity index (χ1n) is 9.68. The van der Waals surface area contributed by atoms with Crippen molar-refractivity contribution in [3.8, 4) is 5.75 Å². The van der Waals surface area contributed by atoms with Crippen LogP contribution in [0.15, 0.2) is 48.5 Å². The summed E-state index contributed by atoms with van der Waals surface area (Å²) in [5.41, 5.74) is 1.40. The molecule has 0 spiro atoms. The van der Waals surface area contributed by atoms with Crippen molar-refractivity contribution in [3.63, 3.8) is 0 Å². The first-order valence-corrected chi connectivity index (χ1v) is 10.1. The highest BCUT2D eigenvalue weighted by molar-refractivity contribution is 6.34. The smallest absolute Gasteiger partial charge is 0.378 e. The number of ketones is 2. The van der Waals surface area contributed by atoms with Gasteiger partial charge in [-0.15, -0.1) is 0 Å². The van der Waals surface area contributed by atoms with Crippen molar-refractivity contribution in [2.24, 2.45) is 0 Å². The maximum atomic E-state index is 12.4. The molecule has 2 aromatic carbocycles. The van der Waals surface area contributed by atoms with Crippen LogP contribution in [0.4, 0.5) is 0 Å². The molecule has 31 heavy (non-hydrogen) atoms. The highest BCUT2D eigenvalue weighted by Gasteiger charge is 2.19. The van der Waals surface area contributed by atoms with Crippen LogP contribution in [-0.4, -0.2) is 42.8 Å². The summed E-state index contributed by atoms with van der Waals surface area (Å²) < 4.78 is 14.9. The molecule has 0 heterocycles. The molecule has 0 aromatic heterocycles. The van der Waals surface area contributed by atoms with E-state index < -0.39 is 30.4 Å². The topological polar surface area (TPSA) is 96.0 Å². The minimum Gasteiger partial charge on any atom is -0.490 e. The number of esters is 2. The van der Waals surface area contributed by atoms with Gasteiger partial charge in [-0.2, -0.15) is 0 Å². The summed E-state index contributed by atoms with van der Waals surface area (Å²) in [4.78, 5) is 46.8. The molecule has 2 rings (SSSR count). The molecule has 164 valence electrons. The van der Waals surface area contributed by atoms with E-state index in [0.29, 0.717) is 16.3 Å². The van der Waals surface area contributed by atoms with Gasteiger partial charge in [-0.25, -0.2) is 4.79 Å². The molecule has 0 N–H and O–H groups in total. The van der Waals surface area contributed by atoms with Gasteiger partial charge in [0, 0.05) is 17.0 Å². The molecule has 0 aliphatic rings. The van der Waals surface area contributed by atoms with E-state index in [2.05, 4.69) is 4.74 Å². The average molecular weight is 447 g/mol. The molecule has 0 saturated heterocycles. The zero-order chi connectivity index (χ0) is 22.8. The van der Waals surface area contributed by atoms with Crippen molar-refractivity contribution >= 4 is 35.1 Å². The van der Waals surface area contributed by atoms with Crippen LogP contribution in [-0.2, 0) is 30.3 Å². The van der Waals surface area contributed by atoms with Gasteiger partial charge >= 0.3 is 11.9 Å². The van der Waals surface area contributed by atoms with Crippen LogP contribution in [0.5, 0.6) is 5.75 Å². The summed E-state index contributed by atoms with van der Waals surface area (Å²) >= 11 is 5.85. The summed E-state index contributed by atoms with van der Waals surface area (Å²) in [6.07, 6.45) is -0.405. The summed E-state index contributed by atoms with van der Waals surface area (Å²) in [6, 6.07) is 13.7. The Morgan fingerprint density at radius 3 is 2.19 bits per heavy atom. The number of Topliss-reactive ketones (excluding diaryl/α,β-unsaturated/α-hetero) is 2. The first-order chi connectivity index (χ1) is 14.8. The number of halogens is 1. The Bertz CT molecular complexity index is 920. The quantitative estimate of drug-likeness (QED) is 0.295. The third kappa shape index (κ3) is 8.22. The maximum Gasteiger partial charge on any atom is 0.378 e. The second-order valence-corrected chi connectivity index (χ2v) is 7.12. The van der Waals surface area contributed by atoms with Crippen molar-refractivity contribution in [1.82, 2.24) is 0 Å². The fourth-order valence-corrected chi connectivity index (χ4v) is 2.72. The van der Waals surface area contributed by atoms with Gasteiger partial charge in [-0.1, -0.05) is 23.7 Å². The van der Waals surface area contributed by atoms with Crippen LogP contribution in [0.1, 0.15) is 36.2 Å². The highest BCUT2D eigenvalue weighted by atomic mass is 35.5. The molecular formula is C23H23ClO7. The normalized spacial score (nSPS) is 11.3. The zero-order valence-corrected chi connectivity index (χ0v) is 18.0. The van der Waals surface area contributed by atoms with Crippen LogP contribution < -0.4 is 4.74 Å². The van der Waals surface area contributed by atoms with Crippen LogP contribution in [0.25, 0.3) is 0 Å². The number of hydrogen-bond acceptors (Lipinski definition) is 7. The predicted molar refractivity (Wildman–Crippen MR) is 113 cm³/mol. The molecule has 0 fully saturated rings. The first kappa shape index (κ1) is 24.1. The van der Waals surface area contributed by atoms with E-state index in [1.807, 2.05) is 0 Å². The van der Waals surface area contributed by atoms with Gasteiger partial charge in [0.2, 0.25) is 0 Å². The lowest BCUT2D eigenvalue weighted by Crippen LogP contribution is -2.26. The summed E-state index contributed by atoms with van der Waals surface area (Å²) in [5, 5.41) is 0.612. The van der Waals surface area contributed by atoms with E-state index in [4.69, 9.17) is 21.1 Å². The molecule has 7 nitrogen and oxygen atoms in total. The molecule has 0 saturated carbocycles. The number of carbonyl (C=O) groups excluding carboxylic acids is 4. The fraction of sp³-hybridized carbons (Fsp3) is 0.304. The molecule has 2 aromatic rings. The Hall–Kier alpha value is -3.19. The van der Waals surface area contributed by atoms with Gasteiger partial charge in [-0.05, 0) is 55.8 Å². The molecular weight excluding hydrogens is 424 g/mol. The fourth-order valence-electron chi connectivity index (χ4n) is 2.59. The molecule has 1 atom stereocenters. The van der Waals surface area contributed by atoms with Crippen LogP contribution in [0, 0.1) is 0 Å². The number of rotatable bonds is 11. The molecule has 0 bridgehead atoms. The molecule has 0 radical (unpaired) electrons. The van der Waals surface area contributed by atoms with Crippen molar-refractivity contribution in [3.05, 3.63) is 64.7 Å². The Morgan fingerprint density at radius 1 is 0.935 bits per heavy atom. The monoisotopic (exact) mass is 446 g/mol. The minimum absolute atomic E-state index is 0.0447. The lowest BCUT2D eigenvalue weighted by atomic mass is 10.0. The van der Waals surface area contributed by atoms with E-state index >= 15 is 0 Å². The van der Waals surface area contributed by atoms with Crippen LogP contribution >= 0.6 is 11.6 Å². The molecule has 8 heteroatoms. The van der Waals surface area contributed by atoms with Gasteiger partial charge < -0.3 is 14.2 Å². The van der Waals surface area contributed by atoms with E-state index in [9.17, 15) is 19.2 Å². The summed E-state index contributed by atoms with van der Waals surface area (Å²) in [5.74, 6) is -2.21. The molecule has 0 aliphatic carbocycles. The number of carbonyl (C=O) groups is 4. The van der Waals surface area contributed by atoms with Crippen molar-refractivity contribution in [2.75, 3.05) is 13.2 Å². The van der Waals surface area contributed by atoms with Gasteiger partial charge in [0.15, 0.2) is 12.4 Å². The van der Waals surface area contributed by atoms with Crippen molar-refractivity contribution < 1.29 is 33.4 Å². The van der Waals surface area contributed by atoms with Gasteiger partial charge in [0.25, 0.3) is 5.78 Å². The lowest BCUT2D eigenvalue weighted by Gasteiger charge is -2.14. The Labute approximate surface area is 185 Å². The van der Waals surface area contributed by atoms with Crippen LogP contribution in [0.3, 0.4) is 0 Å². The Kier molecular flexibility index (Phi) is 9.21. The lowest BCUT2D eigenvalue weighted by molar-refractivity contribution is -0.159. The van der Waals surface area contributed by atoms with Gasteiger partial charge in [-0.3, -0.25) is 14.4 Å². The SMILES string of the molecule is CCOC(=O)C(=O)COC(=O)CC(C)Oc1ccc(C(=O)Cc2ccc(Cl)cc2)cc1. The number of hydrogen-bond donors (Lipinski definition) is 0. The third-order valence-electron chi connectivity index (χ3n) is 4.11. The molecule has 1 unspecified atom stereocenters. The predicted octanol–water partition coefficient (Wildman–Crippen LogP) is 3.60. The minimum atomic E-state index is -1.04. The van der Waals surface area contributed by atoms with E-state index in [-0.39, 0.29) is 25.2 Å². The number of benzene rings is 2. The van der Waals surface area contributed by atoms with E-state index in [1.54, 1.807) is 62.4 Å². The standard InChI is InChI=1S/C23H23ClO7/c1-3-29-23(28)21(26)14-30-22(27)12-15(2)31-19-10-6-17(7-11-19)20(25)13-16-4-8-18(24)9-5-16/h4-11,15H,3,12-14H2,1-2H3. The van der Waals surface area contributed by atoms with E-state index in [0.717, 1.165) is 5.56 Å². The maximum absolute atomic E-state index is 12.4. The molecule has 0 amide bonds. The van der Waals surface area contributed by atoms with Gasteiger partial charge in [0.1, 0.15) is 11.9 Å². The Morgan fingerprint density at radius 2 is 1.58 bits per heavy atom. The van der Waals surface area contributed by atoms with Crippen LogP contribution in [0.2, 0.25) is 5.02 Å². The average Bonchev–Trinajstić information content (AvgIpc) is 2.74. The van der Waals surface area contributed by atoms with Crippen molar-refractivity contribution in [2.45, 2.75) is 32.8 Å². The largest absolute Gasteiger partial charge is 0.490 e. The van der Waals surface area contributed by atoms with Crippen molar-refractivity contribution in [1.29, 1.82) is 0 Å². The summed E-state index contributed by atoms with van der Waals surface area (Å²) in [6.45, 7) is 2.62. The summed E-state index contributed by atoms with van der Waals surface area (Å²) in [7, 11) is 0. The second kappa shape index (κ2) is 11.9. The van der Waals surface area contributed by atoms with Gasteiger partial charge in [0.05, 0.1) is 13.0 Å². The third-order valence-corrected chi connectivity index (χ3v) is 4.36. The zero-order valence-electron chi connectivity index (χ0n) is 17.3.